The van der Waals surface area contributed by atoms with Gasteiger partial charge in [0.05, 0.1) is 0 Å². The number of aryl methyl sites for hydroxylation is 1. The van der Waals surface area contributed by atoms with Crippen LogP contribution in [-0.2, 0) is 0 Å². The molecule has 0 atom stereocenters. The second kappa shape index (κ2) is 7.15. The number of carbonyl (C=O) groups is 1. The summed E-state index contributed by atoms with van der Waals surface area (Å²) < 4.78 is 55.5. The van der Waals surface area contributed by atoms with Crippen LogP contribution in [0.1, 0.15) is 15.9 Å². The molecule has 3 rings (SSSR count). The first-order valence-corrected chi connectivity index (χ1v) is 8.32. The summed E-state index contributed by atoms with van der Waals surface area (Å²) in [6.45, 7) is 2.21. The molecule has 26 heavy (non-hydrogen) atoms. The van der Waals surface area contributed by atoms with Crippen LogP contribution in [0.4, 0.5) is 23.2 Å². The first-order chi connectivity index (χ1) is 12.3. The third-order valence-electron chi connectivity index (χ3n) is 4.45. The van der Waals surface area contributed by atoms with Crippen molar-refractivity contribution in [2.75, 3.05) is 31.1 Å². The van der Waals surface area contributed by atoms with Gasteiger partial charge in [-0.2, -0.15) is 0 Å². The second-order valence-corrected chi connectivity index (χ2v) is 6.39. The van der Waals surface area contributed by atoms with E-state index in [1.807, 2.05) is 19.1 Å². The highest BCUT2D eigenvalue weighted by Crippen LogP contribution is 2.34. The fraction of sp³-hybridized carbons (Fsp3) is 0.278. The molecule has 1 amide bonds. The van der Waals surface area contributed by atoms with Crippen LogP contribution in [0.2, 0.25) is 5.02 Å². The van der Waals surface area contributed by atoms with E-state index < -0.39 is 34.0 Å². The molecule has 0 bridgehead atoms. The minimum atomic E-state index is -1.63. The maximum absolute atomic E-state index is 14.1. The average Bonchev–Trinajstić information content (AvgIpc) is 2.65. The van der Waals surface area contributed by atoms with Crippen molar-refractivity contribution in [1.82, 2.24) is 4.90 Å². The molecule has 138 valence electrons. The van der Waals surface area contributed by atoms with Gasteiger partial charge in [0.2, 0.25) is 0 Å². The van der Waals surface area contributed by atoms with Crippen molar-refractivity contribution < 1.29 is 22.4 Å². The van der Waals surface area contributed by atoms with Crippen molar-refractivity contribution in [2.45, 2.75) is 6.92 Å². The van der Waals surface area contributed by atoms with E-state index in [1.165, 1.54) is 9.80 Å². The van der Waals surface area contributed by atoms with Crippen LogP contribution in [-0.4, -0.2) is 37.0 Å². The zero-order chi connectivity index (χ0) is 19.0. The van der Waals surface area contributed by atoms with Crippen LogP contribution in [0.25, 0.3) is 0 Å². The lowest BCUT2D eigenvalue weighted by atomic mass is 10.1. The van der Waals surface area contributed by atoms with E-state index in [0.717, 1.165) is 5.56 Å². The minimum Gasteiger partial charge on any atom is -0.363 e. The summed E-state index contributed by atoms with van der Waals surface area (Å²) in [4.78, 5) is 15.3. The summed E-state index contributed by atoms with van der Waals surface area (Å²) in [6.07, 6.45) is 0. The van der Waals surface area contributed by atoms with E-state index in [1.54, 1.807) is 12.1 Å². The Kier molecular flexibility index (Phi) is 5.09. The van der Waals surface area contributed by atoms with Crippen LogP contribution in [0.3, 0.4) is 0 Å². The SMILES string of the molecule is Cc1ccccc1C(=O)N1CCN(c2c(F)c(F)c(Cl)c(F)c2F)CC1. The van der Waals surface area contributed by atoms with E-state index in [4.69, 9.17) is 11.6 Å². The Bertz CT molecular complexity index is 838. The number of hydrogen-bond donors (Lipinski definition) is 0. The van der Waals surface area contributed by atoms with Crippen molar-refractivity contribution in [3.05, 3.63) is 63.7 Å². The first-order valence-electron chi connectivity index (χ1n) is 7.94. The molecule has 3 nitrogen and oxygen atoms in total. The predicted molar refractivity (Wildman–Crippen MR) is 90.6 cm³/mol. The van der Waals surface area contributed by atoms with Gasteiger partial charge in [-0.05, 0) is 18.6 Å². The zero-order valence-electron chi connectivity index (χ0n) is 13.8. The molecule has 0 aromatic heterocycles. The molecule has 1 aliphatic rings. The molecule has 0 aliphatic carbocycles. The maximum Gasteiger partial charge on any atom is 0.254 e. The summed E-state index contributed by atoms with van der Waals surface area (Å²) in [5.74, 6) is -6.52. The second-order valence-electron chi connectivity index (χ2n) is 6.01. The molecule has 0 radical (unpaired) electrons. The maximum atomic E-state index is 14.1. The molecule has 1 saturated heterocycles. The molecule has 2 aromatic rings. The highest BCUT2D eigenvalue weighted by atomic mass is 35.5. The van der Waals surface area contributed by atoms with Crippen molar-refractivity contribution in [2.24, 2.45) is 0 Å². The third-order valence-corrected chi connectivity index (χ3v) is 4.78. The number of nitrogens with zero attached hydrogens (tertiary/aromatic N) is 2. The summed E-state index contributed by atoms with van der Waals surface area (Å²) in [7, 11) is 0. The van der Waals surface area contributed by atoms with E-state index >= 15 is 0 Å². The van der Waals surface area contributed by atoms with Gasteiger partial charge in [0.15, 0.2) is 23.3 Å². The molecule has 1 fully saturated rings. The number of piperazine rings is 1. The Morgan fingerprint density at radius 3 is 2.00 bits per heavy atom. The summed E-state index contributed by atoms with van der Waals surface area (Å²) in [6, 6.07) is 7.08. The normalized spacial score (nSPS) is 14.7. The van der Waals surface area contributed by atoms with Crippen LogP contribution in [0, 0.1) is 30.2 Å². The van der Waals surface area contributed by atoms with Gasteiger partial charge in [-0.1, -0.05) is 29.8 Å². The quantitative estimate of drug-likeness (QED) is 0.439. The van der Waals surface area contributed by atoms with Gasteiger partial charge in [0.1, 0.15) is 10.7 Å². The zero-order valence-corrected chi connectivity index (χ0v) is 14.6. The lowest BCUT2D eigenvalue weighted by Gasteiger charge is -2.36. The summed E-state index contributed by atoms with van der Waals surface area (Å²) in [5, 5.41) is -1.21. The topological polar surface area (TPSA) is 23.6 Å². The van der Waals surface area contributed by atoms with E-state index in [0.29, 0.717) is 5.56 Å². The molecule has 0 saturated carbocycles. The monoisotopic (exact) mass is 386 g/mol. The van der Waals surface area contributed by atoms with Gasteiger partial charge in [-0.25, -0.2) is 17.6 Å². The molecule has 2 aromatic carbocycles. The van der Waals surface area contributed by atoms with E-state index in [-0.39, 0.29) is 32.1 Å². The first kappa shape index (κ1) is 18.5. The lowest BCUT2D eigenvalue weighted by molar-refractivity contribution is 0.0745. The fourth-order valence-electron chi connectivity index (χ4n) is 2.99. The van der Waals surface area contributed by atoms with Crippen molar-refractivity contribution in [1.29, 1.82) is 0 Å². The molecular formula is C18H15ClF4N2O. The Morgan fingerprint density at radius 2 is 1.46 bits per heavy atom. The van der Waals surface area contributed by atoms with Gasteiger partial charge >= 0.3 is 0 Å². The average molecular weight is 387 g/mol. The van der Waals surface area contributed by atoms with Crippen LogP contribution >= 0.6 is 11.6 Å². The largest absolute Gasteiger partial charge is 0.363 e. The van der Waals surface area contributed by atoms with Gasteiger partial charge < -0.3 is 9.80 Å². The molecule has 8 heteroatoms. The van der Waals surface area contributed by atoms with Crippen molar-refractivity contribution >= 4 is 23.2 Å². The van der Waals surface area contributed by atoms with Crippen molar-refractivity contribution in [3.63, 3.8) is 0 Å². The van der Waals surface area contributed by atoms with E-state index in [9.17, 15) is 22.4 Å². The number of rotatable bonds is 2. The molecule has 0 spiro atoms. The summed E-state index contributed by atoms with van der Waals surface area (Å²) >= 11 is 5.25. The predicted octanol–water partition coefficient (Wildman–Crippen LogP) is 4.17. The number of benzene rings is 2. The number of halogens is 5. The Morgan fingerprint density at radius 1 is 0.923 bits per heavy atom. The Balaban J connectivity index is 1.80. The Hall–Kier alpha value is -2.28. The minimum absolute atomic E-state index is 0.0337. The smallest absolute Gasteiger partial charge is 0.254 e. The van der Waals surface area contributed by atoms with E-state index in [2.05, 4.69) is 0 Å². The summed E-state index contributed by atoms with van der Waals surface area (Å²) in [5.41, 5.74) is 0.563. The fourth-order valence-corrected chi connectivity index (χ4v) is 3.15. The molecule has 1 heterocycles. The van der Waals surface area contributed by atoms with Gasteiger partial charge in [-0.15, -0.1) is 0 Å². The highest BCUT2D eigenvalue weighted by molar-refractivity contribution is 6.31. The molecule has 1 aliphatic heterocycles. The number of carbonyl (C=O) groups excluding carboxylic acids is 1. The molecule has 0 unspecified atom stereocenters. The lowest BCUT2D eigenvalue weighted by Crippen LogP contribution is -2.49. The molecular weight excluding hydrogens is 372 g/mol. The van der Waals surface area contributed by atoms with Gasteiger partial charge in [0.25, 0.3) is 5.91 Å². The van der Waals surface area contributed by atoms with Crippen LogP contribution in [0.15, 0.2) is 24.3 Å². The van der Waals surface area contributed by atoms with Gasteiger partial charge in [-0.3, -0.25) is 4.79 Å². The number of amides is 1. The standard InChI is InChI=1S/C18H15ClF4N2O/c1-10-4-2-3-5-11(10)18(26)25-8-6-24(7-9-25)17-15(22)13(20)12(19)14(21)16(17)23/h2-5H,6-9H2,1H3. The Labute approximate surface area is 152 Å². The van der Waals surface area contributed by atoms with Gasteiger partial charge in [0, 0.05) is 31.7 Å². The van der Waals surface area contributed by atoms with Crippen LogP contribution in [0.5, 0.6) is 0 Å². The number of anilines is 1. The third kappa shape index (κ3) is 3.11. The van der Waals surface area contributed by atoms with Crippen molar-refractivity contribution in [3.8, 4) is 0 Å². The van der Waals surface area contributed by atoms with Crippen LogP contribution < -0.4 is 4.90 Å². The number of hydrogen-bond acceptors (Lipinski definition) is 2. The molecule has 0 N–H and O–H groups in total. The highest BCUT2D eigenvalue weighted by Gasteiger charge is 2.31.